The summed E-state index contributed by atoms with van der Waals surface area (Å²) >= 11 is 0. The second-order valence-electron chi connectivity index (χ2n) is 4.39. The predicted octanol–water partition coefficient (Wildman–Crippen LogP) is 0.674. The Morgan fingerprint density at radius 1 is 1.39 bits per heavy atom. The maximum absolute atomic E-state index is 13.4. The second-order valence-corrected chi connectivity index (χ2v) is 6.08. The van der Waals surface area contributed by atoms with Gasteiger partial charge >= 0.3 is 0 Å². The van der Waals surface area contributed by atoms with Crippen molar-refractivity contribution in [3.8, 4) is 0 Å². The zero-order valence-corrected chi connectivity index (χ0v) is 10.8. The van der Waals surface area contributed by atoms with Crippen molar-refractivity contribution in [2.24, 2.45) is 5.73 Å². The van der Waals surface area contributed by atoms with Gasteiger partial charge in [0.25, 0.3) is 0 Å². The summed E-state index contributed by atoms with van der Waals surface area (Å²) in [5.74, 6) is 0.845. The molecule has 2 rings (SSSR count). The summed E-state index contributed by atoms with van der Waals surface area (Å²) in [7, 11) is -0.705. The summed E-state index contributed by atoms with van der Waals surface area (Å²) in [4.78, 5) is 2.14. The lowest BCUT2D eigenvalue weighted by atomic mass is 10.1. The lowest BCUT2D eigenvalue weighted by Gasteiger charge is -2.26. The molecule has 98 valence electrons. The highest BCUT2D eigenvalue weighted by atomic mass is 32.2. The van der Waals surface area contributed by atoms with Crippen molar-refractivity contribution in [2.45, 2.75) is 6.54 Å². The minimum atomic E-state index is -0.705. The molecule has 0 amide bonds. The number of hydrogen-bond acceptors (Lipinski definition) is 3. The number of benzene rings is 1. The second kappa shape index (κ2) is 5.58. The van der Waals surface area contributed by atoms with Crippen LogP contribution >= 0.6 is 0 Å². The molecule has 1 fully saturated rings. The Kier molecular flexibility index (Phi) is 4.08. The van der Waals surface area contributed by atoms with Crippen molar-refractivity contribution in [1.82, 2.24) is 4.90 Å². The van der Waals surface area contributed by atoms with Crippen molar-refractivity contribution in [3.63, 3.8) is 0 Å². The van der Waals surface area contributed by atoms with Crippen molar-refractivity contribution >= 4 is 16.6 Å². The molecule has 0 unspecified atom stereocenters. The fourth-order valence-electron chi connectivity index (χ4n) is 1.99. The molecule has 1 aliphatic rings. The number of amidine groups is 1. The van der Waals surface area contributed by atoms with Crippen LogP contribution in [0.4, 0.5) is 4.39 Å². The number of nitrogens with two attached hydrogens (primary N) is 1. The van der Waals surface area contributed by atoms with Gasteiger partial charge in [0.1, 0.15) is 11.7 Å². The number of nitrogen functional groups attached to an aromatic ring is 1. The molecule has 1 saturated heterocycles. The third-order valence-corrected chi connectivity index (χ3v) is 4.22. The summed E-state index contributed by atoms with van der Waals surface area (Å²) in [6.07, 6.45) is 0. The fourth-order valence-corrected chi connectivity index (χ4v) is 3.12. The average Bonchev–Trinajstić information content (AvgIpc) is 2.31. The summed E-state index contributed by atoms with van der Waals surface area (Å²) in [6, 6.07) is 4.45. The van der Waals surface area contributed by atoms with Gasteiger partial charge in [0.05, 0.1) is 0 Å². The Balaban J connectivity index is 2.09. The highest BCUT2D eigenvalue weighted by molar-refractivity contribution is 7.85. The van der Waals surface area contributed by atoms with Crippen LogP contribution in [0.3, 0.4) is 0 Å². The molecule has 0 aromatic heterocycles. The van der Waals surface area contributed by atoms with Crippen LogP contribution in [0.25, 0.3) is 0 Å². The van der Waals surface area contributed by atoms with E-state index in [9.17, 15) is 8.60 Å². The maximum atomic E-state index is 13.4. The van der Waals surface area contributed by atoms with Crippen LogP contribution in [0.2, 0.25) is 0 Å². The predicted molar refractivity (Wildman–Crippen MR) is 70.6 cm³/mol. The molecule has 0 saturated carbocycles. The number of hydrogen-bond donors (Lipinski definition) is 2. The van der Waals surface area contributed by atoms with Gasteiger partial charge in [-0.3, -0.25) is 14.5 Å². The quantitative estimate of drug-likeness (QED) is 0.626. The first kappa shape index (κ1) is 13.2. The highest BCUT2D eigenvalue weighted by Gasteiger charge is 2.15. The van der Waals surface area contributed by atoms with Crippen LogP contribution in [0.1, 0.15) is 11.1 Å². The number of rotatable bonds is 3. The molecule has 3 N–H and O–H groups in total. The number of halogens is 1. The lowest BCUT2D eigenvalue weighted by molar-refractivity contribution is 0.291. The van der Waals surface area contributed by atoms with Crippen LogP contribution in [0.15, 0.2) is 18.2 Å². The normalized spacial score (nSPS) is 17.8. The molecule has 1 heterocycles. The smallest absolute Gasteiger partial charge is 0.124 e. The van der Waals surface area contributed by atoms with Gasteiger partial charge in [0.15, 0.2) is 0 Å². The molecule has 0 atom stereocenters. The molecule has 6 heteroatoms. The summed E-state index contributed by atoms with van der Waals surface area (Å²) in [5, 5.41) is 7.33. The van der Waals surface area contributed by atoms with E-state index in [1.165, 1.54) is 12.1 Å². The molecule has 4 nitrogen and oxygen atoms in total. The first-order valence-electron chi connectivity index (χ1n) is 5.76. The average molecular weight is 269 g/mol. The zero-order chi connectivity index (χ0) is 13.1. The van der Waals surface area contributed by atoms with E-state index in [2.05, 4.69) is 4.90 Å². The molecule has 18 heavy (non-hydrogen) atoms. The Morgan fingerprint density at radius 2 is 2.06 bits per heavy atom. The summed E-state index contributed by atoms with van der Waals surface area (Å²) in [6.45, 7) is 2.13. The Labute approximate surface area is 108 Å². The molecule has 0 spiro atoms. The van der Waals surface area contributed by atoms with Gasteiger partial charge in [0, 0.05) is 47.5 Å². The van der Waals surface area contributed by atoms with E-state index >= 15 is 0 Å². The van der Waals surface area contributed by atoms with Crippen molar-refractivity contribution in [1.29, 1.82) is 5.41 Å². The Hall–Kier alpha value is -1.27. The van der Waals surface area contributed by atoms with Crippen LogP contribution in [-0.4, -0.2) is 39.5 Å². The Bertz CT molecular complexity index is 482. The van der Waals surface area contributed by atoms with Crippen molar-refractivity contribution < 1.29 is 8.60 Å². The topological polar surface area (TPSA) is 70.2 Å². The third kappa shape index (κ3) is 3.36. The van der Waals surface area contributed by atoms with Gasteiger partial charge in [-0.15, -0.1) is 0 Å². The van der Waals surface area contributed by atoms with Crippen molar-refractivity contribution in [3.05, 3.63) is 35.1 Å². The van der Waals surface area contributed by atoms with Gasteiger partial charge in [-0.25, -0.2) is 4.39 Å². The standard InChI is InChI=1S/C12H16FN3OS/c13-11-6-9(5-10(7-11)12(14)15)8-16-1-3-18(17)4-2-16/h5-7H,1-4,8H2,(H3,14,15). The largest absolute Gasteiger partial charge is 0.384 e. The van der Waals surface area contributed by atoms with Gasteiger partial charge < -0.3 is 5.73 Å². The van der Waals surface area contributed by atoms with Gasteiger partial charge in [0.2, 0.25) is 0 Å². The van der Waals surface area contributed by atoms with Crippen LogP contribution in [-0.2, 0) is 17.3 Å². The van der Waals surface area contributed by atoms with E-state index in [4.69, 9.17) is 11.1 Å². The highest BCUT2D eigenvalue weighted by Crippen LogP contribution is 2.13. The summed E-state index contributed by atoms with van der Waals surface area (Å²) in [5.41, 5.74) is 6.57. The SMILES string of the molecule is N=C(N)c1cc(F)cc(CN2CCS(=O)CC2)c1. The minimum absolute atomic E-state index is 0.129. The van der Waals surface area contributed by atoms with Crippen LogP contribution < -0.4 is 5.73 Å². The molecule has 0 aliphatic carbocycles. The van der Waals surface area contributed by atoms with E-state index in [1.807, 2.05) is 0 Å². The zero-order valence-electron chi connectivity index (χ0n) is 9.99. The van der Waals surface area contributed by atoms with Crippen molar-refractivity contribution in [2.75, 3.05) is 24.6 Å². The monoisotopic (exact) mass is 269 g/mol. The summed E-state index contributed by atoms with van der Waals surface area (Å²) < 4.78 is 24.6. The Morgan fingerprint density at radius 3 is 2.67 bits per heavy atom. The molecule has 0 radical (unpaired) electrons. The molecular formula is C12H16FN3OS. The van der Waals surface area contributed by atoms with Crippen LogP contribution in [0.5, 0.6) is 0 Å². The minimum Gasteiger partial charge on any atom is -0.384 e. The molecule has 0 bridgehead atoms. The van der Waals surface area contributed by atoms with E-state index in [-0.39, 0.29) is 11.7 Å². The lowest BCUT2D eigenvalue weighted by Crippen LogP contribution is -2.37. The van der Waals surface area contributed by atoms with Crippen LogP contribution in [0, 0.1) is 11.2 Å². The maximum Gasteiger partial charge on any atom is 0.124 e. The van der Waals surface area contributed by atoms with E-state index in [0.717, 1.165) is 18.7 Å². The third-order valence-electron chi connectivity index (χ3n) is 2.95. The van der Waals surface area contributed by atoms with E-state index in [1.54, 1.807) is 6.07 Å². The first-order valence-corrected chi connectivity index (χ1v) is 7.24. The van der Waals surface area contributed by atoms with Gasteiger partial charge in [-0.2, -0.15) is 0 Å². The first-order chi connectivity index (χ1) is 8.54. The van der Waals surface area contributed by atoms with Gasteiger partial charge in [-0.1, -0.05) is 0 Å². The number of nitrogens with one attached hydrogen (secondary N) is 1. The molecule has 1 aromatic carbocycles. The molecule has 1 aromatic rings. The van der Waals surface area contributed by atoms with E-state index in [0.29, 0.717) is 23.6 Å². The van der Waals surface area contributed by atoms with E-state index < -0.39 is 10.8 Å². The molecular weight excluding hydrogens is 253 g/mol. The fraction of sp³-hybridized carbons (Fsp3) is 0.417. The van der Waals surface area contributed by atoms with Gasteiger partial charge in [-0.05, 0) is 23.8 Å². The number of nitrogens with zero attached hydrogens (tertiary/aromatic N) is 1. The molecule has 1 aliphatic heterocycles.